The van der Waals surface area contributed by atoms with Crippen LogP contribution in [0.1, 0.15) is 19.8 Å². The van der Waals surface area contributed by atoms with Gasteiger partial charge in [-0.05, 0) is 12.3 Å². The van der Waals surface area contributed by atoms with Crippen molar-refractivity contribution in [3.8, 4) is 0 Å². The molecule has 2 unspecified atom stereocenters. The van der Waals surface area contributed by atoms with Crippen molar-refractivity contribution < 1.29 is 9.53 Å². The smallest absolute Gasteiger partial charge is 0.225 e. The lowest BCUT2D eigenvalue weighted by Crippen LogP contribution is -2.42. The summed E-state index contributed by atoms with van der Waals surface area (Å²) in [4.78, 5) is 13.6. The van der Waals surface area contributed by atoms with Gasteiger partial charge in [-0.3, -0.25) is 4.79 Å². The normalized spacial score (nSPS) is 26.9. The summed E-state index contributed by atoms with van der Waals surface area (Å²) in [6.45, 7) is 4.08. The van der Waals surface area contributed by atoms with E-state index in [9.17, 15) is 4.79 Å². The van der Waals surface area contributed by atoms with E-state index in [1.807, 2.05) is 4.90 Å². The van der Waals surface area contributed by atoms with Gasteiger partial charge in [-0.2, -0.15) is 0 Å². The molecule has 0 aromatic heterocycles. The Morgan fingerprint density at radius 3 is 2.93 bits per heavy atom. The quantitative estimate of drug-likeness (QED) is 0.706. The summed E-state index contributed by atoms with van der Waals surface area (Å²) in [5.74, 6) is 0.707. The fourth-order valence-electron chi connectivity index (χ4n) is 2.01. The number of carbonyl (C=O) groups is 1. The van der Waals surface area contributed by atoms with Crippen molar-refractivity contribution in [2.24, 2.45) is 11.7 Å². The molecule has 2 atom stereocenters. The molecule has 0 aromatic carbocycles. The molecule has 1 rings (SSSR count). The van der Waals surface area contributed by atoms with Gasteiger partial charge in [-0.1, -0.05) is 6.92 Å². The molecule has 0 radical (unpaired) electrons. The van der Waals surface area contributed by atoms with E-state index in [-0.39, 0.29) is 11.9 Å². The minimum absolute atomic E-state index is 0.173. The Morgan fingerprint density at radius 2 is 2.36 bits per heavy atom. The first kappa shape index (κ1) is 11.5. The van der Waals surface area contributed by atoms with Crippen molar-refractivity contribution in [1.82, 2.24) is 4.90 Å². The molecule has 1 fully saturated rings. The molecule has 0 saturated carbocycles. The molecule has 1 aliphatic heterocycles. The molecule has 0 aliphatic carbocycles. The first-order valence-corrected chi connectivity index (χ1v) is 5.19. The third kappa shape index (κ3) is 2.45. The lowest BCUT2D eigenvalue weighted by Gasteiger charge is -2.25. The zero-order valence-electron chi connectivity index (χ0n) is 9.03. The van der Waals surface area contributed by atoms with Crippen LogP contribution >= 0.6 is 0 Å². The molecule has 2 N–H and O–H groups in total. The van der Waals surface area contributed by atoms with Crippen molar-refractivity contribution in [3.05, 3.63) is 0 Å². The van der Waals surface area contributed by atoms with Gasteiger partial charge < -0.3 is 15.4 Å². The third-order valence-electron chi connectivity index (χ3n) is 2.96. The zero-order chi connectivity index (χ0) is 10.6. The average Bonchev–Trinajstić information content (AvgIpc) is 2.55. The number of likely N-dealkylation sites (tertiary alicyclic amines) is 1. The van der Waals surface area contributed by atoms with Crippen LogP contribution in [0.4, 0.5) is 0 Å². The Labute approximate surface area is 85.4 Å². The highest BCUT2D eigenvalue weighted by molar-refractivity contribution is 5.77. The summed E-state index contributed by atoms with van der Waals surface area (Å²) in [6, 6.07) is 0.236. The maximum atomic E-state index is 11.7. The van der Waals surface area contributed by atoms with E-state index < -0.39 is 0 Å². The van der Waals surface area contributed by atoms with E-state index in [0.29, 0.717) is 25.5 Å². The summed E-state index contributed by atoms with van der Waals surface area (Å²) < 4.78 is 4.89. The molecule has 0 bridgehead atoms. The molecule has 4 heteroatoms. The highest BCUT2D eigenvalue weighted by atomic mass is 16.5. The Kier molecular flexibility index (Phi) is 4.35. The number of nitrogens with zero attached hydrogens (tertiary/aromatic N) is 1. The predicted molar refractivity (Wildman–Crippen MR) is 54.8 cm³/mol. The monoisotopic (exact) mass is 200 g/mol. The van der Waals surface area contributed by atoms with Crippen molar-refractivity contribution in [1.29, 1.82) is 0 Å². The maximum Gasteiger partial charge on any atom is 0.225 e. The van der Waals surface area contributed by atoms with Crippen LogP contribution in [0.15, 0.2) is 0 Å². The molecular weight excluding hydrogens is 180 g/mol. The molecular formula is C10H20N2O2. The second-order valence-electron chi connectivity index (χ2n) is 3.90. The van der Waals surface area contributed by atoms with E-state index >= 15 is 0 Å². The fourth-order valence-corrected chi connectivity index (χ4v) is 2.01. The molecule has 0 aromatic rings. The van der Waals surface area contributed by atoms with Crippen molar-refractivity contribution in [2.75, 3.05) is 26.8 Å². The van der Waals surface area contributed by atoms with E-state index in [1.54, 1.807) is 7.11 Å². The molecule has 0 spiro atoms. The summed E-state index contributed by atoms with van der Waals surface area (Å²) in [6.07, 6.45) is 1.54. The molecule has 1 amide bonds. The Balaban J connectivity index is 2.46. The van der Waals surface area contributed by atoms with Gasteiger partial charge in [-0.15, -0.1) is 0 Å². The average molecular weight is 200 g/mol. The number of nitrogens with two attached hydrogens (primary N) is 1. The van der Waals surface area contributed by atoms with Gasteiger partial charge in [0.15, 0.2) is 0 Å². The van der Waals surface area contributed by atoms with Crippen LogP contribution in [0.2, 0.25) is 0 Å². The molecule has 14 heavy (non-hydrogen) atoms. The molecule has 4 nitrogen and oxygen atoms in total. The summed E-state index contributed by atoms with van der Waals surface area (Å²) >= 11 is 0. The molecule has 1 saturated heterocycles. The standard InChI is InChI=1S/C10H20N2O2/c1-8-3-5-12(9(8)7-11)10(13)4-6-14-2/h8-9H,3-7,11H2,1-2H3. The first-order chi connectivity index (χ1) is 6.70. The van der Waals surface area contributed by atoms with Gasteiger partial charge in [0.25, 0.3) is 0 Å². The number of carbonyl (C=O) groups excluding carboxylic acids is 1. The van der Waals surface area contributed by atoms with E-state index in [4.69, 9.17) is 10.5 Å². The summed E-state index contributed by atoms with van der Waals surface area (Å²) in [5, 5.41) is 0. The zero-order valence-corrected chi connectivity index (χ0v) is 9.03. The van der Waals surface area contributed by atoms with Crippen LogP contribution in [0.3, 0.4) is 0 Å². The van der Waals surface area contributed by atoms with E-state index in [1.165, 1.54) is 0 Å². The topological polar surface area (TPSA) is 55.6 Å². The Morgan fingerprint density at radius 1 is 1.64 bits per heavy atom. The second kappa shape index (κ2) is 5.32. The van der Waals surface area contributed by atoms with Crippen molar-refractivity contribution >= 4 is 5.91 Å². The first-order valence-electron chi connectivity index (χ1n) is 5.19. The maximum absolute atomic E-state index is 11.7. The van der Waals surface area contributed by atoms with Gasteiger partial charge in [0.1, 0.15) is 0 Å². The van der Waals surface area contributed by atoms with Crippen LogP contribution in [0.5, 0.6) is 0 Å². The molecule has 1 aliphatic rings. The van der Waals surface area contributed by atoms with Gasteiger partial charge >= 0.3 is 0 Å². The van der Waals surface area contributed by atoms with Crippen molar-refractivity contribution in [3.63, 3.8) is 0 Å². The van der Waals surface area contributed by atoms with Gasteiger partial charge in [0.2, 0.25) is 5.91 Å². The number of rotatable bonds is 4. The SMILES string of the molecule is COCCC(=O)N1CCC(C)C1CN. The van der Waals surface area contributed by atoms with E-state index in [0.717, 1.165) is 13.0 Å². The molecule has 82 valence electrons. The lowest BCUT2D eigenvalue weighted by molar-refractivity contribution is -0.133. The minimum atomic E-state index is 0.173. The highest BCUT2D eigenvalue weighted by Gasteiger charge is 2.32. The highest BCUT2D eigenvalue weighted by Crippen LogP contribution is 2.23. The number of hydrogen-bond acceptors (Lipinski definition) is 3. The van der Waals surface area contributed by atoms with Crippen LogP contribution < -0.4 is 5.73 Å². The van der Waals surface area contributed by atoms with Crippen LogP contribution in [0, 0.1) is 5.92 Å². The fraction of sp³-hybridized carbons (Fsp3) is 0.900. The second-order valence-corrected chi connectivity index (χ2v) is 3.90. The lowest BCUT2D eigenvalue weighted by atomic mass is 10.0. The Bertz CT molecular complexity index is 197. The number of methoxy groups -OCH3 is 1. The van der Waals surface area contributed by atoms with E-state index in [2.05, 4.69) is 6.92 Å². The van der Waals surface area contributed by atoms with Gasteiger partial charge in [0.05, 0.1) is 13.0 Å². The summed E-state index contributed by atoms with van der Waals surface area (Å²) in [7, 11) is 1.61. The summed E-state index contributed by atoms with van der Waals surface area (Å²) in [5.41, 5.74) is 5.66. The molecule has 1 heterocycles. The predicted octanol–water partition coefficient (Wildman–Crippen LogP) is 0.219. The van der Waals surface area contributed by atoms with Gasteiger partial charge in [0, 0.05) is 26.2 Å². The van der Waals surface area contributed by atoms with Crippen LogP contribution in [-0.4, -0.2) is 43.7 Å². The minimum Gasteiger partial charge on any atom is -0.384 e. The number of amides is 1. The largest absolute Gasteiger partial charge is 0.384 e. The number of ether oxygens (including phenoxy) is 1. The number of hydrogen-bond donors (Lipinski definition) is 1. The Hall–Kier alpha value is -0.610. The third-order valence-corrected chi connectivity index (χ3v) is 2.96. The van der Waals surface area contributed by atoms with Crippen LogP contribution in [0.25, 0.3) is 0 Å². The van der Waals surface area contributed by atoms with Gasteiger partial charge in [-0.25, -0.2) is 0 Å². The van der Waals surface area contributed by atoms with Crippen LogP contribution in [-0.2, 0) is 9.53 Å². The van der Waals surface area contributed by atoms with Crippen molar-refractivity contribution in [2.45, 2.75) is 25.8 Å².